The first-order valence-electron chi connectivity index (χ1n) is 7.99. The Morgan fingerprint density at radius 1 is 0.905 bits per heavy atom. The molecule has 2 aromatic rings. The Morgan fingerprint density at radius 2 is 1.62 bits per heavy atom. The van der Waals surface area contributed by atoms with Gasteiger partial charge in [-0.25, -0.2) is 4.98 Å². The van der Waals surface area contributed by atoms with Crippen LogP contribution in [0.2, 0.25) is 0 Å². The summed E-state index contributed by atoms with van der Waals surface area (Å²) >= 11 is 0. The highest BCUT2D eigenvalue weighted by Crippen LogP contribution is 2.41. The van der Waals surface area contributed by atoms with Gasteiger partial charge in [-0.2, -0.15) is 0 Å². The maximum absolute atomic E-state index is 4.57. The standard InChI is InChI=1S/C18H21N3/c1-3-9-19-15(5-1)11-14-12-16-7-8-17(13-14)21(16)18-6-2-4-10-20-18/h1-6,9-10,14,16-17H,7-8,11-13H2/t14?,16-,17?/m0/s1. The minimum atomic E-state index is 0.673. The van der Waals surface area contributed by atoms with Crippen LogP contribution in [0, 0.1) is 5.92 Å². The van der Waals surface area contributed by atoms with E-state index in [0.29, 0.717) is 12.1 Å². The van der Waals surface area contributed by atoms with Crippen molar-refractivity contribution in [3.05, 3.63) is 54.5 Å². The summed E-state index contributed by atoms with van der Waals surface area (Å²) in [5.41, 5.74) is 1.24. The molecule has 0 N–H and O–H groups in total. The molecular weight excluding hydrogens is 258 g/mol. The summed E-state index contributed by atoms with van der Waals surface area (Å²) in [6.45, 7) is 0. The van der Waals surface area contributed by atoms with Crippen molar-refractivity contribution >= 4 is 5.82 Å². The molecule has 0 aliphatic carbocycles. The van der Waals surface area contributed by atoms with Crippen molar-refractivity contribution in [2.75, 3.05) is 4.90 Å². The molecule has 2 aliphatic heterocycles. The number of pyridine rings is 2. The van der Waals surface area contributed by atoms with E-state index in [1.807, 2.05) is 24.5 Å². The van der Waals surface area contributed by atoms with Crippen LogP contribution in [0.3, 0.4) is 0 Å². The van der Waals surface area contributed by atoms with Gasteiger partial charge in [0.1, 0.15) is 5.82 Å². The van der Waals surface area contributed by atoms with E-state index in [9.17, 15) is 0 Å². The van der Waals surface area contributed by atoms with Gasteiger partial charge in [-0.3, -0.25) is 4.98 Å². The molecule has 0 amide bonds. The van der Waals surface area contributed by atoms with Gasteiger partial charge in [-0.1, -0.05) is 12.1 Å². The van der Waals surface area contributed by atoms with Crippen molar-refractivity contribution in [2.24, 2.45) is 5.92 Å². The van der Waals surface area contributed by atoms with Gasteiger partial charge < -0.3 is 4.90 Å². The number of fused-ring (bicyclic) bond motifs is 2. The summed E-state index contributed by atoms with van der Waals surface area (Å²) in [6, 6.07) is 13.9. The highest BCUT2D eigenvalue weighted by molar-refractivity contribution is 5.43. The zero-order valence-corrected chi connectivity index (χ0v) is 12.2. The molecule has 0 spiro atoms. The van der Waals surface area contributed by atoms with Gasteiger partial charge in [0.15, 0.2) is 0 Å². The highest BCUT2D eigenvalue weighted by Gasteiger charge is 2.41. The molecule has 3 nitrogen and oxygen atoms in total. The van der Waals surface area contributed by atoms with Gasteiger partial charge in [-0.05, 0) is 62.3 Å². The summed E-state index contributed by atoms with van der Waals surface area (Å²) in [5.74, 6) is 1.94. The Morgan fingerprint density at radius 3 is 2.24 bits per heavy atom. The third-order valence-electron chi connectivity index (χ3n) is 4.97. The second-order valence-electron chi connectivity index (χ2n) is 6.34. The van der Waals surface area contributed by atoms with E-state index in [0.717, 1.165) is 12.3 Å². The van der Waals surface area contributed by atoms with Crippen LogP contribution in [0.5, 0.6) is 0 Å². The first-order valence-corrected chi connectivity index (χ1v) is 7.99. The van der Waals surface area contributed by atoms with E-state index >= 15 is 0 Å². The number of anilines is 1. The molecule has 0 radical (unpaired) electrons. The van der Waals surface area contributed by atoms with Crippen molar-refractivity contribution in [1.82, 2.24) is 9.97 Å². The van der Waals surface area contributed by atoms with Crippen LogP contribution in [0.25, 0.3) is 0 Å². The second-order valence-corrected chi connectivity index (χ2v) is 6.34. The lowest BCUT2D eigenvalue weighted by Gasteiger charge is -2.39. The van der Waals surface area contributed by atoms with Gasteiger partial charge in [0, 0.05) is 30.2 Å². The largest absolute Gasteiger partial charge is 0.351 e. The fourth-order valence-electron chi connectivity index (χ4n) is 4.15. The average Bonchev–Trinajstić information content (AvgIpc) is 2.80. The minimum Gasteiger partial charge on any atom is -0.351 e. The van der Waals surface area contributed by atoms with Crippen LogP contribution in [0.1, 0.15) is 31.4 Å². The average molecular weight is 279 g/mol. The van der Waals surface area contributed by atoms with Gasteiger partial charge in [0.2, 0.25) is 0 Å². The first-order chi connectivity index (χ1) is 10.4. The Hall–Kier alpha value is -1.90. The number of nitrogens with zero attached hydrogens (tertiary/aromatic N) is 3. The maximum Gasteiger partial charge on any atom is 0.128 e. The normalized spacial score (nSPS) is 27.8. The Kier molecular flexibility index (Phi) is 3.34. The van der Waals surface area contributed by atoms with Crippen LogP contribution in [-0.2, 0) is 6.42 Å². The Balaban J connectivity index is 1.49. The van der Waals surface area contributed by atoms with Gasteiger partial charge in [0.05, 0.1) is 0 Å². The molecule has 2 bridgehead atoms. The van der Waals surface area contributed by atoms with Crippen LogP contribution < -0.4 is 4.90 Å². The molecule has 0 saturated carbocycles. The molecule has 4 rings (SSSR count). The Labute approximate surface area is 126 Å². The predicted octanol–water partition coefficient (Wildman–Crippen LogP) is 3.47. The summed E-state index contributed by atoms with van der Waals surface area (Å²) < 4.78 is 0. The summed E-state index contributed by atoms with van der Waals surface area (Å²) in [7, 11) is 0. The third-order valence-corrected chi connectivity index (χ3v) is 4.97. The fourth-order valence-corrected chi connectivity index (χ4v) is 4.15. The molecule has 3 heteroatoms. The molecular formula is C18H21N3. The zero-order valence-electron chi connectivity index (χ0n) is 12.2. The third kappa shape index (κ3) is 2.53. The predicted molar refractivity (Wildman–Crippen MR) is 84.2 cm³/mol. The number of aromatic nitrogens is 2. The van der Waals surface area contributed by atoms with Crippen LogP contribution in [0.15, 0.2) is 48.8 Å². The van der Waals surface area contributed by atoms with Crippen molar-refractivity contribution in [1.29, 1.82) is 0 Å². The SMILES string of the molecule is c1ccc(CC2CC3CC[C@@H](C2)N3c2ccccn2)nc1. The molecule has 108 valence electrons. The Bertz CT molecular complexity index is 570. The topological polar surface area (TPSA) is 29.0 Å². The monoisotopic (exact) mass is 279 g/mol. The molecule has 2 aromatic heterocycles. The lowest BCUT2D eigenvalue weighted by Crippen LogP contribution is -2.43. The molecule has 3 atom stereocenters. The highest BCUT2D eigenvalue weighted by atomic mass is 15.3. The van der Waals surface area contributed by atoms with Gasteiger partial charge in [-0.15, -0.1) is 0 Å². The lowest BCUT2D eigenvalue weighted by molar-refractivity contribution is 0.334. The lowest BCUT2D eigenvalue weighted by atomic mass is 9.87. The van der Waals surface area contributed by atoms with E-state index in [2.05, 4.69) is 39.1 Å². The van der Waals surface area contributed by atoms with Crippen molar-refractivity contribution in [3.63, 3.8) is 0 Å². The second kappa shape index (κ2) is 5.47. The van der Waals surface area contributed by atoms with Crippen LogP contribution in [0.4, 0.5) is 5.82 Å². The molecule has 2 fully saturated rings. The summed E-state index contributed by atoms with van der Waals surface area (Å²) in [6.07, 6.45) is 10.2. The quantitative estimate of drug-likeness (QED) is 0.861. The molecule has 4 heterocycles. The van der Waals surface area contributed by atoms with Crippen molar-refractivity contribution < 1.29 is 0 Å². The van der Waals surface area contributed by atoms with Gasteiger partial charge in [0.25, 0.3) is 0 Å². The number of hydrogen-bond acceptors (Lipinski definition) is 3. The van der Waals surface area contributed by atoms with Crippen molar-refractivity contribution in [2.45, 2.75) is 44.2 Å². The maximum atomic E-state index is 4.57. The molecule has 21 heavy (non-hydrogen) atoms. The van der Waals surface area contributed by atoms with E-state index in [1.54, 1.807) is 0 Å². The first kappa shape index (κ1) is 12.8. The molecule has 2 aliphatic rings. The van der Waals surface area contributed by atoms with Crippen LogP contribution >= 0.6 is 0 Å². The summed E-state index contributed by atoms with van der Waals surface area (Å²) in [4.78, 5) is 11.6. The number of rotatable bonds is 3. The molecule has 2 saturated heterocycles. The molecule has 0 aromatic carbocycles. The van der Waals surface area contributed by atoms with Crippen molar-refractivity contribution in [3.8, 4) is 0 Å². The smallest absolute Gasteiger partial charge is 0.128 e. The fraction of sp³-hybridized carbons (Fsp3) is 0.444. The van der Waals surface area contributed by atoms with Gasteiger partial charge >= 0.3 is 0 Å². The molecule has 2 unspecified atom stereocenters. The number of hydrogen-bond donors (Lipinski definition) is 0. The number of piperidine rings is 1. The van der Waals surface area contributed by atoms with E-state index in [-0.39, 0.29) is 0 Å². The summed E-state index contributed by atoms with van der Waals surface area (Å²) in [5, 5.41) is 0. The van der Waals surface area contributed by atoms with Crippen LogP contribution in [-0.4, -0.2) is 22.1 Å². The van der Waals surface area contributed by atoms with E-state index in [1.165, 1.54) is 37.2 Å². The van der Waals surface area contributed by atoms with E-state index in [4.69, 9.17) is 0 Å². The zero-order chi connectivity index (χ0) is 14.1. The van der Waals surface area contributed by atoms with E-state index < -0.39 is 0 Å². The minimum absolute atomic E-state index is 0.673.